The Balaban J connectivity index is 1.80. The Kier molecular flexibility index (Phi) is 6.54. The molecule has 1 aliphatic rings. The average Bonchev–Trinajstić information content (AvgIpc) is 3.12. The fraction of sp³-hybridized carbons (Fsp3) is 0.458. The number of hydrogen-bond donors (Lipinski definition) is 0. The number of esters is 1. The number of carbonyl (C=O) groups excluding carboxylic acids is 1. The van der Waals surface area contributed by atoms with E-state index in [0.717, 1.165) is 27.1 Å². The zero-order valence-electron chi connectivity index (χ0n) is 19.7. The van der Waals surface area contributed by atoms with Crippen molar-refractivity contribution < 1.29 is 22.7 Å². The first-order chi connectivity index (χ1) is 16.0. The fourth-order valence-corrected chi connectivity index (χ4v) is 5.24. The Morgan fingerprint density at radius 3 is 2.62 bits per heavy atom. The molecule has 0 bridgehead atoms. The van der Waals surface area contributed by atoms with Crippen LogP contribution in [0.5, 0.6) is 0 Å². The second kappa shape index (κ2) is 9.13. The van der Waals surface area contributed by atoms with Crippen LogP contribution in [0, 0.1) is 12.8 Å². The van der Waals surface area contributed by atoms with E-state index in [1.165, 1.54) is 20.0 Å². The van der Waals surface area contributed by atoms with Crippen molar-refractivity contribution >= 4 is 34.6 Å². The average molecular weight is 493 g/mol. The Bertz CT molecular complexity index is 1240. The van der Waals surface area contributed by atoms with E-state index in [9.17, 15) is 18.0 Å². The van der Waals surface area contributed by atoms with Crippen LogP contribution in [-0.4, -0.2) is 33.3 Å². The number of hydrogen-bond acceptors (Lipinski definition) is 6. The first-order valence-corrected chi connectivity index (χ1v) is 12.2. The van der Waals surface area contributed by atoms with Crippen LogP contribution in [0.25, 0.3) is 10.9 Å². The minimum atomic E-state index is -4.54. The van der Waals surface area contributed by atoms with Crippen LogP contribution in [-0.2, 0) is 28.9 Å². The van der Waals surface area contributed by atoms with Crippen molar-refractivity contribution in [1.82, 2.24) is 14.5 Å². The summed E-state index contributed by atoms with van der Waals surface area (Å²) in [4.78, 5) is 22.4. The van der Waals surface area contributed by atoms with Crippen molar-refractivity contribution in [3.63, 3.8) is 0 Å². The molecule has 0 saturated heterocycles. The van der Waals surface area contributed by atoms with E-state index in [1.807, 2.05) is 31.1 Å². The van der Waals surface area contributed by atoms with Crippen molar-refractivity contribution in [2.45, 2.75) is 58.0 Å². The number of nitrogens with zero attached hydrogens (tertiary/aromatic N) is 4. The summed E-state index contributed by atoms with van der Waals surface area (Å²) < 4.78 is 48.0. The molecule has 0 amide bonds. The van der Waals surface area contributed by atoms with Crippen LogP contribution in [0.4, 0.5) is 19.1 Å². The molecule has 182 valence electrons. The van der Waals surface area contributed by atoms with Gasteiger partial charge in [-0.1, -0.05) is 13.8 Å². The van der Waals surface area contributed by atoms with Gasteiger partial charge in [-0.05, 0) is 42.9 Å². The molecular weight excluding hydrogens is 465 g/mol. The Labute approximate surface area is 200 Å². The number of aryl methyl sites for hydroxylation is 1. The maximum atomic E-state index is 13.5. The van der Waals surface area contributed by atoms with Crippen LogP contribution in [0.3, 0.4) is 0 Å². The van der Waals surface area contributed by atoms with Crippen LogP contribution >= 0.6 is 11.8 Å². The molecule has 0 spiro atoms. The smallest absolute Gasteiger partial charge is 0.433 e. The summed E-state index contributed by atoms with van der Waals surface area (Å²) in [6, 6.07) is 6.01. The number of thioether (sulfide) groups is 1. The third-order valence-corrected chi connectivity index (χ3v) is 6.91. The van der Waals surface area contributed by atoms with Gasteiger partial charge in [0.15, 0.2) is 5.69 Å². The highest BCUT2D eigenvalue weighted by Gasteiger charge is 2.38. The van der Waals surface area contributed by atoms with Gasteiger partial charge >= 0.3 is 12.1 Å². The van der Waals surface area contributed by atoms with Gasteiger partial charge in [0.05, 0.1) is 6.04 Å². The van der Waals surface area contributed by atoms with Gasteiger partial charge in [-0.2, -0.15) is 13.2 Å². The molecule has 10 heteroatoms. The van der Waals surface area contributed by atoms with Gasteiger partial charge in [-0.25, -0.2) is 9.97 Å². The topological polar surface area (TPSA) is 60.2 Å². The molecule has 4 rings (SSSR count). The predicted octanol–water partition coefficient (Wildman–Crippen LogP) is 5.76. The minimum Gasteiger partial charge on any atom is -0.461 e. The molecule has 0 saturated carbocycles. The quantitative estimate of drug-likeness (QED) is 0.333. The number of rotatable bonds is 5. The number of benzene rings is 1. The van der Waals surface area contributed by atoms with Crippen LogP contribution in [0.15, 0.2) is 29.3 Å². The Morgan fingerprint density at radius 1 is 1.26 bits per heavy atom. The Hall–Kier alpha value is -2.75. The highest BCUT2D eigenvalue weighted by Crippen LogP contribution is 2.40. The van der Waals surface area contributed by atoms with Crippen LogP contribution in [0.1, 0.15) is 49.3 Å². The zero-order valence-corrected chi connectivity index (χ0v) is 20.5. The van der Waals surface area contributed by atoms with Crippen LogP contribution < -0.4 is 4.90 Å². The molecule has 3 heterocycles. The van der Waals surface area contributed by atoms with E-state index >= 15 is 0 Å². The van der Waals surface area contributed by atoms with Gasteiger partial charge in [-0.3, -0.25) is 4.79 Å². The largest absolute Gasteiger partial charge is 0.461 e. The first-order valence-electron chi connectivity index (χ1n) is 11.0. The molecule has 3 aromatic rings. The number of fused-ring (bicyclic) bond motifs is 3. The summed E-state index contributed by atoms with van der Waals surface area (Å²) >= 11 is 1.58. The van der Waals surface area contributed by atoms with Gasteiger partial charge in [-0.15, -0.1) is 11.8 Å². The van der Waals surface area contributed by atoms with Gasteiger partial charge in [0.1, 0.15) is 6.61 Å². The van der Waals surface area contributed by atoms with Crippen LogP contribution in [0.2, 0.25) is 0 Å². The predicted molar refractivity (Wildman–Crippen MR) is 126 cm³/mol. The number of anilines is 1. The summed E-state index contributed by atoms with van der Waals surface area (Å²) in [5.74, 6) is -0.146. The lowest BCUT2D eigenvalue weighted by Gasteiger charge is -2.39. The van der Waals surface area contributed by atoms with Crippen molar-refractivity contribution in [1.29, 1.82) is 0 Å². The van der Waals surface area contributed by atoms with E-state index in [-0.39, 0.29) is 36.0 Å². The highest BCUT2D eigenvalue weighted by atomic mass is 32.2. The number of alkyl halides is 3. The maximum absolute atomic E-state index is 13.5. The summed E-state index contributed by atoms with van der Waals surface area (Å²) in [6.07, 6.45) is -1.31. The monoisotopic (exact) mass is 492 g/mol. The molecule has 1 unspecified atom stereocenters. The van der Waals surface area contributed by atoms with Gasteiger partial charge in [0.2, 0.25) is 5.95 Å². The van der Waals surface area contributed by atoms with E-state index in [0.29, 0.717) is 13.1 Å². The van der Waals surface area contributed by atoms with Gasteiger partial charge < -0.3 is 14.2 Å². The number of ether oxygens (including phenoxy) is 1. The van der Waals surface area contributed by atoms with Crippen molar-refractivity contribution in [3.05, 3.63) is 46.9 Å². The molecular formula is C24H27F3N4O2S. The highest BCUT2D eigenvalue weighted by molar-refractivity contribution is 7.98. The molecule has 2 aromatic heterocycles. The molecule has 0 aliphatic carbocycles. The normalized spacial score (nSPS) is 16.3. The Morgan fingerprint density at radius 2 is 2.00 bits per heavy atom. The molecule has 1 aliphatic heterocycles. The molecule has 1 atom stereocenters. The SMILES string of the molecule is CSc1cc2c(cc1COC(C)=O)cc1n2CCN(c2ncc(C)c(C(F)(F)F)n2)C1C(C)C. The van der Waals surface area contributed by atoms with Gasteiger partial charge in [0, 0.05) is 53.3 Å². The summed E-state index contributed by atoms with van der Waals surface area (Å²) in [5.41, 5.74) is 2.09. The molecule has 1 aromatic carbocycles. The van der Waals surface area contributed by atoms with E-state index in [2.05, 4.69) is 26.7 Å². The first kappa shape index (κ1) is 24.4. The van der Waals surface area contributed by atoms with E-state index < -0.39 is 11.9 Å². The zero-order chi connectivity index (χ0) is 24.8. The third-order valence-electron chi connectivity index (χ3n) is 6.09. The lowest BCUT2D eigenvalue weighted by molar-refractivity contribution is -0.142. The van der Waals surface area contributed by atoms with Gasteiger partial charge in [0.25, 0.3) is 0 Å². The molecule has 6 nitrogen and oxygen atoms in total. The lowest BCUT2D eigenvalue weighted by Crippen LogP contribution is -2.41. The minimum absolute atomic E-state index is 0.00775. The number of halogens is 3. The number of carbonyl (C=O) groups is 1. The van der Waals surface area contributed by atoms with E-state index in [1.54, 1.807) is 11.8 Å². The summed E-state index contributed by atoms with van der Waals surface area (Å²) in [6.45, 7) is 8.12. The summed E-state index contributed by atoms with van der Waals surface area (Å²) in [5, 5.41) is 1.00. The molecule has 0 N–H and O–H groups in total. The number of aromatic nitrogens is 3. The standard InChI is InChI=1S/C24H27F3N4O2S/c1-13(2)21-19-9-16-8-17(12-33-15(4)32)20(34-5)10-18(16)30(19)6-7-31(21)23-28-11-14(3)22(29-23)24(25,26)27/h8-11,13,21H,6-7,12H2,1-5H3. The molecule has 0 radical (unpaired) electrons. The van der Waals surface area contributed by atoms with E-state index in [4.69, 9.17) is 4.74 Å². The molecule has 0 fully saturated rings. The van der Waals surface area contributed by atoms with Crippen molar-refractivity contribution in [2.75, 3.05) is 17.7 Å². The lowest BCUT2D eigenvalue weighted by atomic mass is 9.97. The fourth-order valence-electron chi connectivity index (χ4n) is 4.63. The second-order valence-electron chi connectivity index (χ2n) is 8.81. The summed E-state index contributed by atoms with van der Waals surface area (Å²) in [7, 11) is 0. The third kappa shape index (κ3) is 4.47. The maximum Gasteiger partial charge on any atom is 0.433 e. The van der Waals surface area contributed by atoms with Crippen molar-refractivity contribution in [2.24, 2.45) is 5.92 Å². The second-order valence-corrected chi connectivity index (χ2v) is 9.65. The molecule has 34 heavy (non-hydrogen) atoms. The van der Waals surface area contributed by atoms with Crippen molar-refractivity contribution in [3.8, 4) is 0 Å².